The number of para-hydroxylation sites is 1. The van der Waals surface area contributed by atoms with Gasteiger partial charge in [-0.1, -0.05) is 18.2 Å². The first-order valence-corrected chi connectivity index (χ1v) is 12.9. The number of hydrogen-bond donors (Lipinski definition) is 10. The zero-order chi connectivity index (χ0) is 29.1. The van der Waals surface area contributed by atoms with Gasteiger partial charge >= 0.3 is 5.97 Å². The SMILES string of the molecule is CC(O)C(NC(=O)C(N)CCCN=C(N)N)C(=O)NC(CS)C(=O)NC(Cc1c[nH]c2ccccc12)C(=O)O. The molecule has 2 aromatic rings. The fourth-order valence-corrected chi connectivity index (χ4v) is 4.02. The van der Waals surface area contributed by atoms with Gasteiger partial charge in [-0.3, -0.25) is 19.4 Å². The van der Waals surface area contributed by atoms with E-state index in [1.807, 2.05) is 24.3 Å². The zero-order valence-electron chi connectivity index (χ0n) is 21.5. The van der Waals surface area contributed by atoms with Gasteiger partial charge in [-0.15, -0.1) is 0 Å². The lowest BCUT2D eigenvalue weighted by molar-refractivity contribution is -0.142. The Bertz CT molecular complexity index is 1180. The topological polar surface area (TPSA) is 251 Å². The Morgan fingerprint density at radius 2 is 1.72 bits per heavy atom. The van der Waals surface area contributed by atoms with Gasteiger partial charge in [-0.25, -0.2) is 4.79 Å². The van der Waals surface area contributed by atoms with Gasteiger partial charge in [0.1, 0.15) is 18.1 Å². The molecule has 0 spiro atoms. The van der Waals surface area contributed by atoms with Crippen LogP contribution in [0.1, 0.15) is 25.3 Å². The molecule has 3 amide bonds. The first-order valence-electron chi connectivity index (χ1n) is 12.2. The summed E-state index contributed by atoms with van der Waals surface area (Å²) in [5, 5.41) is 27.8. The van der Waals surface area contributed by atoms with E-state index in [4.69, 9.17) is 17.2 Å². The number of fused-ring (bicyclic) bond motifs is 1. The van der Waals surface area contributed by atoms with E-state index in [1.54, 1.807) is 6.20 Å². The fourth-order valence-electron chi connectivity index (χ4n) is 3.76. The summed E-state index contributed by atoms with van der Waals surface area (Å²) in [4.78, 5) is 57.0. The van der Waals surface area contributed by atoms with Crippen LogP contribution >= 0.6 is 12.6 Å². The average Bonchev–Trinajstić information content (AvgIpc) is 3.29. The molecule has 0 bridgehead atoms. The number of nitrogens with zero attached hydrogens (tertiary/aromatic N) is 1. The number of aromatic nitrogens is 1. The van der Waals surface area contributed by atoms with Crippen molar-refractivity contribution in [1.82, 2.24) is 20.9 Å². The van der Waals surface area contributed by atoms with Crippen LogP contribution in [-0.2, 0) is 25.6 Å². The van der Waals surface area contributed by atoms with E-state index in [1.165, 1.54) is 6.92 Å². The number of carbonyl (C=O) groups excluding carboxylic acids is 3. The maximum atomic E-state index is 12.9. The molecule has 0 aliphatic heterocycles. The number of amides is 3. The predicted octanol–water partition coefficient (Wildman–Crippen LogP) is -2.06. The number of nitrogens with two attached hydrogens (primary N) is 3. The average molecular weight is 565 g/mol. The highest BCUT2D eigenvalue weighted by Crippen LogP contribution is 2.19. The Kier molecular flexibility index (Phi) is 12.0. The van der Waals surface area contributed by atoms with Gasteiger partial charge in [0.05, 0.1) is 12.1 Å². The molecule has 0 saturated heterocycles. The number of aliphatic hydroxyl groups excluding tert-OH is 1. The number of H-pyrrole nitrogens is 1. The second-order valence-corrected chi connectivity index (χ2v) is 9.35. The van der Waals surface area contributed by atoms with Crippen LogP contribution in [0.4, 0.5) is 0 Å². The minimum atomic E-state index is -1.43. The molecule has 0 aliphatic rings. The number of carboxylic acids is 1. The largest absolute Gasteiger partial charge is 0.480 e. The molecule has 15 heteroatoms. The molecule has 14 nitrogen and oxygen atoms in total. The summed E-state index contributed by atoms with van der Waals surface area (Å²) in [7, 11) is 0. The summed E-state index contributed by atoms with van der Waals surface area (Å²) in [6.07, 6.45) is 0.951. The van der Waals surface area contributed by atoms with E-state index in [0.717, 1.165) is 10.9 Å². The second-order valence-electron chi connectivity index (χ2n) is 8.99. The van der Waals surface area contributed by atoms with Crippen molar-refractivity contribution in [3.8, 4) is 0 Å². The molecule has 1 heterocycles. The third-order valence-corrected chi connectivity index (χ3v) is 6.26. The molecule has 5 unspecified atom stereocenters. The molecule has 214 valence electrons. The Morgan fingerprint density at radius 3 is 2.33 bits per heavy atom. The third kappa shape index (κ3) is 9.46. The monoisotopic (exact) mass is 564 g/mol. The van der Waals surface area contributed by atoms with Crippen molar-refractivity contribution in [2.45, 2.75) is 56.5 Å². The quantitative estimate of drug-likeness (QED) is 0.0493. The van der Waals surface area contributed by atoms with Crippen LogP contribution in [0.2, 0.25) is 0 Å². The highest BCUT2D eigenvalue weighted by molar-refractivity contribution is 7.80. The molecule has 12 N–H and O–H groups in total. The number of carboxylic acid groups (broad SMARTS) is 1. The Labute approximate surface area is 230 Å². The molecule has 39 heavy (non-hydrogen) atoms. The molecule has 5 atom stereocenters. The van der Waals surface area contributed by atoms with Gasteiger partial charge in [0.25, 0.3) is 0 Å². The van der Waals surface area contributed by atoms with Crippen molar-refractivity contribution < 1.29 is 29.4 Å². The smallest absolute Gasteiger partial charge is 0.326 e. The number of aliphatic hydroxyl groups is 1. The number of carbonyl (C=O) groups is 4. The minimum Gasteiger partial charge on any atom is -0.480 e. The molecule has 2 rings (SSSR count). The first-order chi connectivity index (χ1) is 18.4. The van der Waals surface area contributed by atoms with Gasteiger partial charge in [0.15, 0.2) is 5.96 Å². The van der Waals surface area contributed by atoms with Crippen LogP contribution in [-0.4, -0.2) is 87.4 Å². The van der Waals surface area contributed by atoms with Gasteiger partial charge in [0, 0.05) is 35.8 Å². The number of aliphatic imine (C=N–C) groups is 1. The summed E-state index contributed by atoms with van der Waals surface area (Å²) in [5.41, 5.74) is 17.9. The molecule has 0 fully saturated rings. The summed E-state index contributed by atoms with van der Waals surface area (Å²) in [6.45, 7) is 1.55. The number of hydrogen-bond acceptors (Lipinski definition) is 8. The van der Waals surface area contributed by atoms with Crippen LogP contribution < -0.4 is 33.2 Å². The Balaban J connectivity index is 2.01. The van der Waals surface area contributed by atoms with Crippen molar-refractivity contribution in [3.63, 3.8) is 0 Å². The summed E-state index contributed by atoms with van der Waals surface area (Å²) in [6, 6.07) is 2.35. The number of guanidine groups is 1. The van der Waals surface area contributed by atoms with E-state index in [-0.39, 0.29) is 31.1 Å². The molecule has 0 saturated carbocycles. The number of nitrogens with one attached hydrogen (secondary N) is 4. The Morgan fingerprint density at radius 1 is 1.05 bits per heavy atom. The molecular weight excluding hydrogens is 528 g/mol. The standard InChI is InChI=1S/C24H36N8O6S/c1-12(33)19(32-20(34)15(25)6-4-8-28-24(26)27)22(36)31-18(11-39)21(35)30-17(23(37)38)9-13-10-29-16-7-3-2-5-14(13)16/h2-3,5,7,10,12,15,17-19,29,33,39H,4,6,8-9,11,25H2,1H3,(H,30,35)(H,31,36)(H,32,34)(H,37,38)(H4,26,27,28). The number of rotatable bonds is 15. The van der Waals surface area contributed by atoms with Gasteiger partial charge in [-0.2, -0.15) is 12.6 Å². The molecule has 0 aliphatic carbocycles. The van der Waals surface area contributed by atoms with Crippen molar-refractivity contribution in [2.24, 2.45) is 22.2 Å². The number of thiol groups is 1. The lowest BCUT2D eigenvalue weighted by atomic mass is 10.0. The third-order valence-electron chi connectivity index (χ3n) is 5.90. The summed E-state index contributed by atoms with van der Waals surface area (Å²) >= 11 is 4.10. The zero-order valence-corrected chi connectivity index (χ0v) is 22.4. The molecular formula is C24H36N8O6S. The maximum Gasteiger partial charge on any atom is 0.326 e. The highest BCUT2D eigenvalue weighted by Gasteiger charge is 2.32. The minimum absolute atomic E-state index is 0.00818. The van der Waals surface area contributed by atoms with Crippen molar-refractivity contribution in [3.05, 3.63) is 36.0 Å². The van der Waals surface area contributed by atoms with Gasteiger partial charge < -0.3 is 48.3 Å². The number of benzene rings is 1. The predicted molar refractivity (Wildman–Crippen MR) is 149 cm³/mol. The van der Waals surface area contributed by atoms with Crippen LogP contribution in [0.25, 0.3) is 10.9 Å². The lowest BCUT2D eigenvalue weighted by Crippen LogP contribution is -2.60. The van der Waals surface area contributed by atoms with Crippen LogP contribution in [0.5, 0.6) is 0 Å². The maximum absolute atomic E-state index is 12.9. The van der Waals surface area contributed by atoms with E-state index < -0.39 is 54.0 Å². The number of aromatic amines is 1. The summed E-state index contributed by atoms with van der Waals surface area (Å²) < 4.78 is 0. The normalized spacial score (nSPS) is 14.9. The lowest BCUT2D eigenvalue weighted by Gasteiger charge is -2.25. The highest BCUT2D eigenvalue weighted by atomic mass is 32.1. The van der Waals surface area contributed by atoms with Crippen molar-refractivity contribution >= 4 is 53.2 Å². The molecule has 0 radical (unpaired) electrons. The van der Waals surface area contributed by atoms with Gasteiger partial charge in [-0.05, 0) is 31.4 Å². The van der Waals surface area contributed by atoms with Crippen molar-refractivity contribution in [2.75, 3.05) is 12.3 Å². The van der Waals surface area contributed by atoms with E-state index in [9.17, 15) is 29.4 Å². The summed E-state index contributed by atoms with van der Waals surface area (Å²) in [5.74, 6) is -3.89. The fraction of sp³-hybridized carbons (Fsp3) is 0.458. The first kappa shape index (κ1) is 31.4. The second kappa shape index (κ2) is 14.9. The van der Waals surface area contributed by atoms with E-state index in [2.05, 4.69) is 38.6 Å². The Hall–Kier alpha value is -3.82. The van der Waals surface area contributed by atoms with E-state index >= 15 is 0 Å². The van der Waals surface area contributed by atoms with Crippen LogP contribution in [0.3, 0.4) is 0 Å². The van der Waals surface area contributed by atoms with Crippen molar-refractivity contribution in [1.29, 1.82) is 0 Å². The van der Waals surface area contributed by atoms with Crippen LogP contribution in [0, 0.1) is 0 Å². The van der Waals surface area contributed by atoms with E-state index in [0.29, 0.717) is 12.0 Å². The molecule has 1 aromatic carbocycles. The molecule has 1 aromatic heterocycles. The van der Waals surface area contributed by atoms with Gasteiger partial charge in [0.2, 0.25) is 17.7 Å². The number of aliphatic carboxylic acids is 1. The van der Waals surface area contributed by atoms with Crippen LogP contribution in [0.15, 0.2) is 35.5 Å².